The van der Waals surface area contributed by atoms with Crippen molar-refractivity contribution in [3.8, 4) is 5.75 Å². The summed E-state index contributed by atoms with van der Waals surface area (Å²) in [6.07, 6.45) is 0.597. The van der Waals surface area contributed by atoms with Crippen molar-refractivity contribution < 1.29 is 19.4 Å². The highest BCUT2D eigenvalue weighted by Gasteiger charge is 2.45. The van der Waals surface area contributed by atoms with Crippen LogP contribution in [0.4, 0.5) is 5.69 Å². The van der Waals surface area contributed by atoms with Gasteiger partial charge >= 0.3 is 0 Å². The number of benzene rings is 3. The molecule has 1 heterocycles. The summed E-state index contributed by atoms with van der Waals surface area (Å²) in [4.78, 5) is 29.9. The molecule has 1 unspecified atom stereocenters. The lowest BCUT2D eigenvalue weighted by Crippen LogP contribution is -2.31. The summed E-state index contributed by atoms with van der Waals surface area (Å²) in [7, 11) is 5.43. The zero-order valence-electron chi connectivity index (χ0n) is 19.6. The molecule has 0 aromatic heterocycles. The Hall–Kier alpha value is -4.06. The van der Waals surface area contributed by atoms with Crippen LogP contribution < -0.4 is 9.64 Å². The minimum atomic E-state index is -0.689. The van der Waals surface area contributed by atoms with E-state index in [1.807, 2.05) is 73.6 Å². The van der Waals surface area contributed by atoms with Gasteiger partial charge in [-0.3, -0.25) is 9.59 Å². The molecule has 4 rings (SSSR count). The number of rotatable bonds is 7. The third-order valence-corrected chi connectivity index (χ3v) is 6.09. The fraction of sp³-hybridized carbons (Fsp3) is 0.214. The molecular formula is C28H28N2O4. The minimum absolute atomic E-state index is 0.0870. The second-order valence-electron chi connectivity index (χ2n) is 8.45. The van der Waals surface area contributed by atoms with Gasteiger partial charge in [0.25, 0.3) is 11.7 Å². The standard InChI is InChI=1S/C28H28N2O4/c1-29(2)22-14-12-20(13-15-22)25-24(26(31)21-10-7-11-23(18-21)34-3)27(32)28(33)30(25)17-16-19-8-5-4-6-9-19/h4-15,18,25,31H,16-17H2,1-3H3. The van der Waals surface area contributed by atoms with Gasteiger partial charge in [0.05, 0.1) is 18.7 Å². The first-order chi connectivity index (χ1) is 16.4. The second kappa shape index (κ2) is 9.83. The summed E-state index contributed by atoms with van der Waals surface area (Å²) in [6, 6.07) is 23.7. The van der Waals surface area contributed by atoms with E-state index in [4.69, 9.17) is 4.74 Å². The normalized spacial score (nSPS) is 17.1. The van der Waals surface area contributed by atoms with E-state index in [-0.39, 0.29) is 11.3 Å². The summed E-state index contributed by atoms with van der Waals surface area (Å²) >= 11 is 0. The molecule has 0 saturated carbocycles. The first-order valence-electron chi connectivity index (χ1n) is 11.1. The number of hydrogen-bond donors (Lipinski definition) is 1. The molecule has 1 aliphatic heterocycles. The van der Waals surface area contributed by atoms with Gasteiger partial charge in [-0.05, 0) is 41.8 Å². The van der Waals surface area contributed by atoms with Crippen molar-refractivity contribution in [2.45, 2.75) is 12.5 Å². The Morgan fingerprint density at radius 3 is 2.32 bits per heavy atom. The Bertz CT molecular complexity index is 1220. The molecule has 1 fully saturated rings. The zero-order chi connectivity index (χ0) is 24.2. The summed E-state index contributed by atoms with van der Waals surface area (Å²) in [5.41, 5.74) is 3.35. The van der Waals surface area contributed by atoms with E-state index in [1.54, 1.807) is 29.2 Å². The van der Waals surface area contributed by atoms with Crippen LogP contribution in [0.2, 0.25) is 0 Å². The molecule has 3 aromatic rings. The van der Waals surface area contributed by atoms with Gasteiger partial charge < -0.3 is 19.6 Å². The third-order valence-electron chi connectivity index (χ3n) is 6.09. The van der Waals surface area contributed by atoms with E-state index in [1.165, 1.54) is 7.11 Å². The largest absolute Gasteiger partial charge is 0.507 e. The van der Waals surface area contributed by atoms with E-state index >= 15 is 0 Å². The predicted octanol–water partition coefficient (Wildman–Crippen LogP) is 4.43. The maximum Gasteiger partial charge on any atom is 0.295 e. The lowest BCUT2D eigenvalue weighted by Gasteiger charge is -2.26. The molecule has 174 valence electrons. The first-order valence-corrected chi connectivity index (χ1v) is 11.1. The van der Waals surface area contributed by atoms with E-state index in [9.17, 15) is 14.7 Å². The quantitative estimate of drug-likeness (QED) is 0.324. The maximum atomic E-state index is 13.2. The van der Waals surface area contributed by atoms with Crippen LogP contribution in [-0.4, -0.2) is 49.4 Å². The second-order valence-corrected chi connectivity index (χ2v) is 8.45. The number of amides is 1. The summed E-state index contributed by atoms with van der Waals surface area (Å²) in [5.74, 6) is -0.951. The van der Waals surface area contributed by atoms with Gasteiger partial charge in [-0.25, -0.2) is 0 Å². The molecule has 34 heavy (non-hydrogen) atoms. The maximum absolute atomic E-state index is 13.2. The number of anilines is 1. The number of methoxy groups -OCH3 is 1. The topological polar surface area (TPSA) is 70.1 Å². The number of hydrogen-bond acceptors (Lipinski definition) is 5. The first kappa shape index (κ1) is 23.1. The SMILES string of the molecule is COc1cccc(C(O)=C2C(=O)C(=O)N(CCc3ccccc3)C2c2ccc(N(C)C)cc2)c1. The van der Waals surface area contributed by atoms with Crippen molar-refractivity contribution >= 4 is 23.1 Å². The van der Waals surface area contributed by atoms with Crippen molar-refractivity contribution in [2.75, 3.05) is 32.6 Å². The molecule has 0 bridgehead atoms. The number of aliphatic hydroxyl groups excluding tert-OH is 1. The number of carbonyl (C=O) groups is 2. The number of aliphatic hydroxyl groups is 1. The van der Waals surface area contributed by atoms with E-state index in [0.29, 0.717) is 24.3 Å². The zero-order valence-corrected chi connectivity index (χ0v) is 19.6. The van der Waals surface area contributed by atoms with Gasteiger partial charge in [-0.1, -0.05) is 54.6 Å². The van der Waals surface area contributed by atoms with Gasteiger partial charge in [-0.15, -0.1) is 0 Å². The molecule has 3 aromatic carbocycles. The van der Waals surface area contributed by atoms with Gasteiger partial charge in [0, 0.05) is 31.9 Å². The van der Waals surface area contributed by atoms with E-state index in [2.05, 4.69) is 0 Å². The Morgan fingerprint density at radius 1 is 0.971 bits per heavy atom. The van der Waals surface area contributed by atoms with E-state index in [0.717, 1.165) is 16.8 Å². The Morgan fingerprint density at radius 2 is 1.68 bits per heavy atom. The predicted molar refractivity (Wildman–Crippen MR) is 133 cm³/mol. The molecule has 6 heteroatoms. The van der Waals surface area contributed by atoms with Crippen LogP contribution in [0.1, 0.15) is 22.7 Å². The number of ether oxygens (including phenoxy) is 1. The van der Waals surface area contributed by atoms with Crippen LogP contribution in [0.5, 0.6) is 5.75 Å². The number of Topliss-reactive ketones (excluding diaryl/α,β-unsaturated/α-hetero) is 1. The highest BCUT2D eigenvalue weighted by atomic mass is 16.5. The molecule has 0 aliphatic carbocycles. The number of ketones is 1. The Labute approximate surface area is 199 Å². The van der Waals surface area contributed by atoms with Crippen molar-refractivity contribution in [2.24, 2.45) is 0 Å². The highest BCUT2D eigenvalue weighted by molar-refractivity contribution is 6.46. The number of likely N-dealkylation sites (tertiary alicyclic amines) is 1. The minimum Gasteiger partial charge on any atom is -0.507 e. The molecule has 1 saturated heterocycles. The third kappa shape index (κ3) is 4.53. The monoisotopic (exact) mass is 456 g/mol. The van der Waals surface area contributed by atoms with Crippen LogP contribution in [0.25, 0.3) is 5.76 Å². The molecule has 1 atom stereocenters. The average molecular weight is 457 g/mol. The summed E-state index contributed by atoms with van der Waals surface area (Å²) in [5, 5.41) is 11.2. The van der Waals surface area contributed by atoms with Gasteiger partial charge in [-0.2, -0.15) is 0 Å². The van der Waals surface area contributed by atoms with Crippen molar-refractivity contribution in [1.29, 1.82) is 0 Å². The summed E-state index contributed by atoms with van der Waals surface area (Å²) < 4.78 is 5.27. The van der Waals surface area contributed by atoms with Gasteiger partial charge in [0.2, 0.25) is 0 Å². The van der Waals surface area contributed by atoms with Crippen molar-refractivity contribution in [3.05, 3.63) is 101 Å². The lowest BCUT2D eigenvalue weighted by atomic mass is 9.95. The van der Waals surface area contributed by atoms with Crippen molar-refractivity contribution in [1.82, 2.24) is 4.90 Å². The van der Waals surface area contributed by atoms with Crippen molar-refractivity contribution in [3.63, 3.8) is 0 Å². The van der Waals surface area contributed by atoms with Crippen LogP contribution in [-0.2, 0) is 16.0 Å². The van der Waals surface area contributed by atoms with Crippen LogP contribution in [0.3, 0.4) is 0 Å². The van der Waals surface area contributed by atoms with E-state index < -0.39 is 17.7 Å². The van der Waals surface area contributed by atoms with Gasteiger partial charge in [0.1, 0.15) is 11.5 Å². The van der Waals surface area contributed by atoms with Crippen LogP contribution in [0.15, 0.2) is 84.4 Å². The fourth-order valence-electron chi connectivity index (χ4n) is 4.23. The van der Waals surface area contributed by atoms with Crippen LogP contribution >= 0.6 is 0 Å². The summed E-state index contributed by atoms with van der Waals surface area (Å²) in [6.45, 7) is 0.351. The van der Waals surface area contributed by atoms with Gasteiger partial charge in [0.15, 0.2) is 0 Å². The molecule has 0 spiro atoms. The smallest absolute Gasteiger partial charge is 0.295 e. The molecule has 1 amide bonds. The Balaban J connectivity index is 1.79. The molecule has 1 aliphatic rings. The highest BCUT2D eigenvalue weighted by Crippen LogP contribution is 2.40. The number of carbonyl (C=O) groups excluding carboxylic acids is 2. The van der Waals surface area contributed by atoms with Crippen LogP contribution in [0, 0.1) is 0 Å². The molecular weight excluding hydrogens is 428 g/mol. The lowest BCUT2D eigenvalue weighted by molar-refractivity contribution is -0.139. The molecule has 1 N–H and O–H groups in total. The number of nitrogens with zero attached hydrogens (tertiary/aromatic N) is 2. The fourth-order valence-corrected chi connectivity index (χ4v) is 4.23. The molecule has 6 nitrogen and oxygen atoms in total. The molecule has 0 radical (unpaired) electrons. The Kier molecular flexibility index (Phi) is 6.68. The average Bonchev–Trinajstić information content (AvgIpc) is 3.12.